The molecule has 8 heteroatoms. The number of carbonyl (C=O) groups excluding carboxylic acids is 2. The van der Waals surface area contributed by atoms with E-state index in [1.165, 1.54) is 25.3 Å². The third-order valence-electron chi connectivity index (χ3n) is 4.80. The number of nitrogens with zero attached hydrogens (tertiary/aromatic N) is 1. The second-order valence-corrected chi connectivity index (χ2v) is 8.06. The van der Waals surface area contributed by atoms with Gasteiger partial charge in [-0.1, -0.05) is 34.1 Å². The second kappa shape index (κ2) is 9.79. The molecular formula is C25H18BrFN2O4. The van der Waals surface area contributed by atoms with Crippen LogP contribution in [0.3, 0.4) is 0 Å². The van der Waals surface area contributed by atoms with E-state index in [0.29, 0.717) is 16.7 Å². The smallest absolute Gasteiger partial charge is 0.309 e. The van der Waals surface area contributed by atoms with Crippen LogP contribution in [0.15, 0.2) is 75.6 Å². The zero-order valence-electron chi connectivity index (χ0n) is 17.5. The minimum absolute atomic E-state index is 0.0423. The van der Waals surface area contributed by atoms with Gasteiger partial charge in [0.25, 0.3) is 0 Å². The van der Waals surface area contributed by atoms with Crippen LogP contribution >= 0.6 is 15.9 Å². The molecule has 0 atom stereocenters. The Morgan fingerprint density at radius 2 is 1.91 bits per heavy atom. The van der Waals surface area contributed by atoms with Crippen LogP contribution < -0.4 is 5.32 Å². The number of amides is 1. The fraction of sp³-hybridized carbons (Fsp3) is 0.0800. The first-order valence-corrected chi connectivity index (χ1v) is 10.7. The standard InChI is InChI=1S/C25H18BrFN2O4/c1-32-24(31)13-16-4-10-22-21(12-16)29-25(33-22)17-6-9-20(19(27)14-17)28-23(30)11-5-15-2-7-18(26)8-3-15/h2-12,14H,13H2,1H3,(H,28,30)/b11-5+. The molecule has 3 aromatic carbocycles. The summed E-state index contributed by atoms with van der Waals surface area (Å²) in [5, 5.41) is 2.52. The van der Waals surface area contributed by atoms with Crippen molar-refractivity contribution in [3.05, 3.63) is 88.2 Å². The van der Waals surface area contributed by atoms with E-state index in [4.69, 9.17) is 4.42 Å². The molecular weight excluding hydrogens is 491 g/mol. The lowest BCUT2D eigenvalue weighted by molar-refractivity contribution is -0.139. The summed E-state index contributed by atoms with van der Waals surface area (Å²) in [5.74, 6) is -1.20. The number of oxazole rings is 1. The Morgan fingerprint density at radius 3 is 2.64 bits per heavy atom. The molecule has 0 saturated carbocycles. The summed E-state index contributed by atoms with van der Waals surface area (Å²) < 4.78 is 26.0. The SMILES string of the molecule is COC(=O)Cc1ccc2oc(-c3ccc(NC(=O)/C=C/c4ccc(Br)cc4)c(F)c3)nc2c1. The van der Waals surface area contributed by atoms with Crippen molar-refractivity contribution in [3.63, 3.8) is 0 Å². The molecule has 0 aliphatic heterocycles. The summed E-state index contributed by atoms with van der Waals surface area (Å²) in [6.07, 6.45) is 3.10. The van der Waals surface area contributed by atoms with E-state index < -0.39 is 11.7 Å². The highest BCUT2D eigenvalue weighted by Crippen LogP contribution is 2.28. The van der Waals surface area contributed by atoms with Crippen LogP contribution in [-0.4, -0.2) is 24.0 Å². The number of aromatic nitrogens is 1. The largest absolute Gasteiger partial charge is 0.469 e. The summed E-state index contributed by atoms with van der Waals surface area (Å²) in [5.41, 5.74) is 3.09. The Morgan fingerprint density at radius 1 is 1.12 bits per heavy atom. The number of ether oxygens (including phenoxy) is 1. The van der Waals surface area contributed by atoms with Crippen LogP contribution in [0.1, 0.15) is 11.1 Å². The number of nitrogens with one attached hydrogen (secondary N) is 1. The van der Waals surface area contributed by atoms with Crippen LogP contribution in [0.25, 0.3) is 28.6 Å². The Bertz CT molecular complexity index is 1360. The van der Waals surface area contributed by atoms with Crippen molar-refractivity contribution in [2.75, 3.05) is 12.4 Å². The molecule has 1 aromatic heterocycles. The van der Waals surface area contributed by atoms with Crippen LogP contribution in [-0.2, 0) is 20.7 Å². The zero-order valence-corrected chi connectivity index (χ0v) is 19.1. The predicted molar refractivity (Wildman–Crippen MR) is 127 cm³/mol. The predicted octanol–water partition coefficient (Wildman–Crippen LogP) is 5.76. The molecule has 6 nitrogen and oxygen atoms in total. The van der Waals surface area contributed by atoms with E-state index in [9.17, 15) is 14.0 Å². The maximum atomic E-state index is 14.6. The maximum Gasteiger partial charge on any atom is 0.309 e. The van der Waals surface area contributed by atoms with Crippen molar-refractivity contribution < 1.29 is 23.1 Å². The van der Waals surface area contributed by atoms with Gasteiger partial charge in [0.2, 0.25) is 11.8 Å². The number of carbonyl (C=O) groups is 2. The maximum absolute atomic E-state index is 14.6. The minimum Gasteiger partial charge on any atom is -0.469 e. The monoisotopic (exact) mass is 508 g/mol. The quantitative estimate of drug-likeness (QED) is 0.264. The van der Waals surface area contributed by atoms with E-state index in [1.54, 1.807) is 30.3 Å². The van der Waals surface area contributed by atoms with Gasteiger partial charge in [0.15, 0.2) is 5.58 Å². The number of methoxy groups -OCH3 is 1. The Kier molecular flexibility index (Phi) is 6.65. The summed E-state index contributed by atoms with van der Waals surface area (Å²) >= 11 is 3.35. The van der Waals surface area contributed by atoms with Gasteiger partial charge in [0.05, 0.1) is 19.2 Å². The number of halogens is 2. The van der Waals surface area contributed by atoms with Crippen molar-refractivity contribution in [3.8, 4) is 11.5 Å². The number of fused-ring (bicyclic) bond motifs is 1. The molecule has 1 amide bonds. The van der Waals surface area contributed by atoms with Gasteiger partial charge >= 0.3 is 5.97 Å². The van der Waals surface area contributed by atoms with E-state index >= 15 is 0 Å². The summed E-state index contributed by atoms with van der Waals surface area (Å²) in [6, 6.07) is 16.9. The Balaban J connectivity index is 1.48. The van der Waals surface area contributed by atoms with Crippen LogP contribution in [0.5, 0.6) is 0 Å². The Hall–Kier alpha value is -3.78. The van der Waals surface area contributed by atoms with Crippen molar-refractivity contribution in [1.29, 1.82) is 0 Å². The van der Waals surface area contributed by atoms with Crippen LogP contribution in [0.2, 0.25) is 0 Å². The average Bonchev–Trinajstić information content (AvgIpc) is 3.23. The van der Waals surface area contributed by atoms with Gasteiger partial charge < -0.3 is 14.5 Å². The van der Waals surface area contributed by atoms with Crippen LogP contribution in [0.4, 0.5) is 10.1 Å². The van der Waals surface area contributed by atoms with Crippen molar-refractivity contribution >= 4 is 50.7 Å². The molecule has 0 bridgehead atoms. The van der Waals surface area contributed by atoms with Gasteiger partial charge in [0, 0.05) is 16.1 Å². The highest BCUT2D eigenvalue weighted by molar-refractivity contribution is 9.10. The molecule has 1 heterocycles. The fourth-order valence-electron chi connectivity index (χ4n) is 3.11. The Labute approximate surface area is 197 Å². The summed E-state index contributed by atoms with van der Waals surface area (Å²) in [7, 11) is 1.33. The molecule has 0 radical (unpaired) electrons. The number of hydrogen-bond donors (Lipinski definition) is 1. The highest BCUT2D eigenvalue weighted by Gasteiger charge is 2.13. The van der Waals surface area contributed by atoms with Gasteiger partial charge in [-0.2, -0.15) is 0 Å². The van der Waals surface area contributed by atoms with Gasteiger partial charge in [-0.15, -0.1) is 0 Å². The lowest BCUT2D eigenvalue weighted by Crippen LogP contribution is -2.09. The second-order valence-electron chi connectivity index (χ2n) is 7.14. The summed E-state index contributed by atoms with van der Waals surface area (Å²) in [4.78, 5) is 28.0. The first-order valence-electron chi connectivity index (χ1n) is 9.92. The molecule has 0 saturated heterocycles. The molecule has 0 fully saturated rings. The minimum atomic E-state index is -0.619. The van der Waals surface area contributed by atoms with Gasteiger partial charge in [-0.3, -0.25) is 9.59 Å². The average molecular weight is 509 g/mol. The van der Waals surface area contributed by atoms with E-state index in [0.717, 1.165) is 15.6 Å². The number of anilines is 1. The fourth-order valence-corrected chi connectivity index (χ4v) is 3.38. The topological polar surface area (TPSA) is 81.4 Å². The molecule has 0 aliphatic rings. The number of rotatable bonds is 6. The normalized spacial score (nSPS) is 11.1. The summed E-state index contributed by atoms with van der Waals surface area (Å²) in [6.45, 7) is 0. The molecule has 4 rings (SSSR count). The van der Waals surface area contributed by atoms with E-state index in [2.05, 4.69) is 31.0 Å². The van der Waals surface area contributed by atoms with Crippen LogP contribution in [0, 0.1) is 5.82 Å². The molecule has 4 aromatic rings. The first-order chi connectivity index (χ1) is 15.9. The zero-order chi connectivity index (χ0) is 23.4. The third kappa shape index (κ3) is 5.53. The number of hydrogen-bond acceptors (Lipinski definition) is 5. The first kappa shape index (κ1) is 22.4. The van der Waals surface area contributed by atoms with Gasteiger partial charge in [-0.25, -0.2) is 9.37 Å². The molecule has 33 heavy (non-hydrogen) atoms. The lowest BCUT2D eigenvalue weighted by Gasteiger charge is -2.05. The molecule has 166 valence electrons. The molecule has 0 unspecified atom stereocenters. The van der Waals surface area contributed by atoms with Gasteiger partial charge in [-0.05, 0) is 59.7 Å². The van der Waals surface area contributed by atoms with E-state index in [1.807, 2.05) is 24.3 Å². The van der Waals surface area contributed by atoms with Crippen molar-refractivity contribution in [1.82, 2.24) is 4.98 Å². The van der Waals surface area contributed by atoms with E-state index in [-0.39, 0.29) is 24.0 Å². The number of benzene rings is 3. The van der Waals surface area contributed by atoms with Gasteiger partial charge in [0.1, 0.15) is 11.3 Å². The number of esters is 1. The van der Waals surface area contributed by atoms with Crippen molar-refractivity contribution in [2.24, 2.45) is 0 Å². The van der Waals surface area contributed by atoms with Crippen molar-refractivity contribution in [2.45, 2.75) is 6.42 Å². The third-order valence-corrected chi connectivity index (χ3v) is 5.33. The molecule has 0 spiro atoms. The molecule has 1 N–H and O–H groups in total. The molecule has 0 aliphatic carbocycles. The highest BCUT2D eigenvalue weighted by atomic mass is 79.9. The lowest BCUT2D eigenvalue weighted by atomic mass is 10.1.